The molecule has 156 valence electrons. The van der Waals surface area contributed by atoms with E-state index in [9.17, 15) is 17.6 Å². The van der Waals surface area contributed by atoms with Crippen LogP contribution in [0, 0.1) is 5.82 Å². The zero-order valence-electron chi connectivity index (χ0n) is 16.5. The lowest BCUT2D eigenvalue weighted by atomic mass is 10.0. The Morgan fingerprint density at radius 3 is 2.13 bits per heavy atom. The van der Waals surface area contributed by atoms with Gasteiger partial charge in [-0.1, -0.05) is 67.6 Å². The number of sulfonamides is 1. The van der Waals surface area contributed by atoms with Gasteiger partial charge in [0.15, 0.2) is 0 Å². The molecule has 3 aromatic rings. The highest BCUT2D eigenvalue weighted by Gasteiger charge is 2.29. The molecule has 0 saturated heterocycles. The molecular formula is C23H23FN2O3S. The first-order valence-corrected chi connectivity index (χ1v) is 11.0. The van der Waals surface area contributed by atoms with Crippen molar-refractivity contribution in [2.24, 2.45) is 0 Å². The number of anilines is 1. The average Bonchev–Trinajstić information content (AvgIpc) is 2.77. The standard InChI is InChI=1S/C23H23FN2O3S/c1-18(19-10-4-2-5-11-19)16-25-23(27)17-26(22-15-9-8-14-21(22)24)30(28,29)20-12-6-3-7-13-20/h2-15,18H,16-17H2,1H3,(H,25,27). The summed E-state index contributed by atoms with van der Waals surface area (Å²) in [5.41, 5.74) is 0.883. The van der Waals surface area contributed by atoms with Gasteiger partial charge in [0, 0.05) is 6.54 Å². The summed E-state index contributed by atoms with van der Waals surface area (Å²) in [4.78, 5) is 12.6. The van der Waals surface area contributed by atoms with Crippen LogP contribution in [-0.4, -0.2) is 27.4 Å². The Morgan fingerprint density at radius 2 is 1.50 bits per heavy atom. The van der Waals surface area contributed by atoms with Crippen LogP contribution in [0.2, 0.25) is 0 Å². The van der Waals surface area contributed by atoms with E-state index in [4.69, 9.17) is 0 Å². The molecule has 1 unspecified atom stereocenters. The first kappa shape index (κ1) is 21.5. The topological polar surface area (TPSA) is 66.5 Å². The van der Waals surface area contributed by atoms with E-state index in [-0.39, 0.29) is 16.5 Å². The Labute approximate surface area is 176 Å². The molecule has 0 aliphatic carbocycles. The lowest BCUT2D eigenvalue weighted by molar-refractivity contribution is -0.119. The number of rotatable bonds is 8. The van der Waals surface area contributed by atoms with Crippen molar-refractivity contribution in [2.45, 2.75) is 17.7 Å². The van der Waals surface area contributed by atoms with Gasteiger partial charge in [-0.3, -0.25) is 9.10 Å². The zero-order chi connectivity index (χ0) is 21.6. The molecule has 0 aromatic heterocycles. The second-order valence-corrected chi connectivity index (χ2v) is 8.75. The van der Waals surface area contributed by atoms with Gasteiger partial charge in [0.25, 0.3) is 10.0 Å². The van der Waals surface area contributed by atoms with Crippen LogP contribution in [0.3, 0.4) is 0 Å². The molecule has 0 bridgehead atoms. The SMILES string of the molecule is CC(CNC(=O)CN(c1ccccc1F)S(=O)(=O)c1ccccc1)c1ccccc1. The number of amides is 1. The van der Waals surface area contributed by atoms with Gasteiger partial charge in [-0.05, 0) is 35.7 Å². The minimum absolute atomic E-state index is 0.0151. The van der Waals surface area contributed by atoms with Crippen molar-refractivity contribution in [2.75, 3.05) is 17.4 Å². The van der Waals surface area contributed by atoms with Crippen molar-refractivity contribution in [3.05, 3.63) is 96.3 Å². The van der Waals surface area contributed by atoms with Gasteiger partial charge in [-0.15, -0.1) is 0 Å². The van der Waals surface area contributed by atoms with E-state index in [1.807, 2.05) is 37.3 Å². The van der Waals surface area contributed by atoms with Crippen molar-refractivity contribution >= 4 is 21.6 Å². The van der Waals surface area contributed by atoms with Gasteiger partial charge in [-0.2, -0.15) is 0 Å². The lowest BCUT2D eigenvalue weighted by Crippen LogP contribution is -2.42. The summed E-state index contributed by atoms with van der Waals surface area (Å²) in [5, 5.41) is 2.76. The maximum absolute atomic E-state index is 14.4. The molecule has 7 heteroatoms. The van der Waals surface area contributed by atoms with Gasteiger partial charge >= 0.3 is 0 Å². The number of para-hydroxylation sites is 1. The van der Waals surface area contributed by atoms with Gasteiger partial charge < -0.3 is 5.32 Å². The summed E-state index contributed by atoms with van der Waals surface area (Å²) in [5.74, 6) is -1.19. The Bertz CT molecular complexity index is 1090. The third-order valence-corrected chi connectivity index (χ3v) is 6.49. The van der Waals surface area contributed by atoms with Crippen molar-refractivity contribution in [3.8, 4) is 0 Å². The number of carbonyl (C=O) groups excluding carboxylic acids is 1. The second kappa shape index (κ2) is 9.54. The fourth-order valence-electron chi connectivity index (χ4n) is 3.03. The van der Waals surface area contributed by atoms with Gasteiger partial charge in [0.2, 0.25) is 5.91 Å². The van der Waals surface area contributed by atoms with Crippen molar-refractivity contribution in [1.29, 1.82) is 0 Å². The molecule has 0 fully saturated rings. The van der Waals surface area contributed by atoms with Crippen LogP contribution in [-0.2, 0) is 14.8 Å². The summed E-state index contributed by atoms with van der Waals surface area (Å²) in [7, 11) is -4.13. The molecule has 0 heterocycles. The van der Waals surface area contributed by atoms with Crippen LogP contribution >= 0.6 is 0 Å². The summed E-state index contributed by atoms with van der Waals surface area (Å²) in [6.45, 7) is 1.77. The van der Waals surface area contributed by atoms with Crippen LogP contribution in [0.25, 0.3) is 0 Å². The molecule has 30 heavy (non-hydrogen) atoms. The molecule has 3 rings (SSSR count). The number of nitrogens with zero attached hydrogens (tertiary/aromatic N) is 1. The highest BCUT2D eigenvalue weighted by atomic mass is 32.2. The van der Waals surface area contributed by atoms with Crippen LogP contribution < -0.4 is 9.62 Å². The Balaban J connectivity index is 1.81. The van der Waals surface area contributed by atoms with Crippen molar-refractivity contribution in [3.63, 3.8) is 0 Å². The number of hydrogen-bond acceptors (Lipinski definition) is 3. The molecule has 1 amide bonds. The third kappa shape index (κ3) is 5.04. The molecule has 0 radical (unpaired) electrons. The normalized spacial score (nSPS) is 12.2. The number of benzene rings is 3. The monoisotopic (exact) mass is 426 g/mol. The van der Waals surface area contributed by atoms with Gasteiger partial charge in [-0.25, -0.2) is 12.8 Å². The molecule has 0 spiro atoms. The maximum Gasteiger partial charge on any atom is 0.264 e. The van der Waals surface area contributed by atoms with Crippen LogP contribution in [0.15, 0.2) is 89.8 Å². The van der Waals surface area contributed by atoms with E-state index < -0.39 is 28.3 Å². The van der Waals surface area contributed by atoms with Crippen LogP contribution in [0.5, 0.6) is 0 Å². The molecule has 1 atom stereocenters. The van der Waals surface area contributed by atoms with Crippen LogP contribution in [0.4, 0.5) is 10.1 Å². The summed E-state index contributed by atoms with van der Waals surface area (Å²) >= 11 is 0. The summed E-state index contributed by atoms with van der Waals surface area (Å²) in [6.07, 6.45) is 0. The first-order chi connectivity index (χ1) is 14.4. The number of nitrogens with one attached hydrogen (secondary N) is 1. The van der Waals surface area contributed by atoms with E-state index >= 15 is 0 Å². The predicted octanol–water partition coefficient (Wildman–Crippen LogP) is 3.94. The zero-order valence-corrected chi connectivity index (χ0v) is 17.3. The fraction of sp³-hybridized carbons (Fsp3) is 0.174. The highest BCUT2D eigenvalue weighted by molar-refractivity contribution is 7.92. The van der Waals surface area contributed by atoms with Crippen LogP contribution in [0.1, 0.15) is 18.4 Å². The Morgan fingerprint density at radius 1 is 0.933 bits per heavy atom. The van der Waals surface area contributed by atoms with E-state index in [0.717, 1.165) is 15.9 Å². The number of carbonyl (C=O) groups is 1. The molecule has 5 nitrogen and oxygen atoms in total. The Kier molecular flexibility index (Phi) is 6.84. The minimum atomic E-state index is -4.13. The molecule has 3 aromatic carbocycles. The molecule has 0 aliphatic heterocycles. The molecule has 0 aliphatic rings. The number of hydrogen-bond donors (Lipinski definition) is 1. The molecule has 1 N–H and O–H groups in total. The number of halogens is 1. The summed E-state index contributed by atoms with van der Waals surface area (Å²) < 4.78 is 41.6. The van der Waals surface area contributed by atoms with Gasteiger partial charge in [0.05, 0.1) is 10.6 Å². The molecular weight excluding hydrogens is 403 g/mol. The average molecular weight is 427 g/mol. The highest BCUT2D eigenvalue weighted by Crippen LogP contribution is 2.26. The second-order valence-electron chi connectivity index (χ2n) is 6.89. The smallest absolute Gasteiger partial charge is 0.264 e. The quantitative estimate of drug-likeness (QED) is 0.593. The largest absolute Gasteiger partial charge is 0.354 e. The predicted molar refractivity (Wildman–Crippen MR) is 115 cm³/mol. The molecule has 0 saturated carbocycles. The van der Waals surface area contributed by atoms with Gasteiger partial charge in [0.1, 0.15) is 12.4 Å². The third-order valence-electron chi connectivity index (χ3n) is 4.71. The van der Waals surface area contributed by atoms with E-state index in [1.54, 1.807) is 18.2 Å². The lowest BCUT2D eigenvalue weighted by Gasteiger charge is -2.25. The summed E-state index contributed by atoms with van der Waals surface area (Å²) in [6, 6.07) is 22.8. The first-order valence-electron chi connectivity index (χ1n) is 9.53. The fourth-order valence-corrected chi connectivity index (χ4v) is 4.48. The van der Waals surface area contributed by atoms with E-state index in [0.29, 0.717) is 6.54 Å². The van der Waals surface area contributed by atoms with Crippen molar-refractivity contribution < 1.29 is 17.6 Å². The minimum Gasteiger partial charge on any atom is -0.354 e. The van der Waals surface area contributed by atoms with Crippen molar-refractivity contribution in [1.82, 2.24) is 5.32 Å². The maximum atomic E-state index is 14.4. The van der Waals surface area contributed by atoms with E-state index in [1.165, 1.54) is 30.3 Å². The van der Waals surface area contributed by atoms with E-state index in [2.05, 4.69) is 5.32 Å². The Hall–Kier alpha value is -3.19.